The summed E-state index contributed by atoms with van der Waals surface area (Å²) in [4.78, 5) is 31.8. The second-order valence-corrected chi connectivity index (χ2v) is 6.70. The smallest absolute Gasteiger partial charge is 0.318 e. The van der Waals surface area contributed by atoms with Crippen LogP contribution in [0.4, 0.5) is 11.4 Å². The minimum Gasteiger partial charge on any atom is -0.468 e. The molecule has 0 N–H and O–H groups in total. The number of nitrogens with zero attached hydrogens (tertiary/aromatic N) is 2. The fraction of sp³-hybridized carbons (Fsp3) is 0.208. The van der Waals surface area contributed by atoms with E-state index in [1.54, 1.807) is 48.8 Å². The summed E-state index contributed by atoms with van der Waals surface area (Å²) < 4.78 is 15.3. The molecule has 0 radical (unpaired) electrons. The van der Waals surface area contributed by atoms with Crippen molar-refractivity contribution < 1.29 is 23.8 Å². The van der Waals surface area contributed by atoms with E-state index in [0.717, 1.165) is 5.56 Å². The molecule has 0 spiro atoms. The summed E-state index contributed by atoms with van der Waals surface area (Å²) in [6.45, 7) is 0.117. The van der Waals surface area contributed by atoms with Gasteiger partial charge >= 0.3 is 5.97 Å². The lowest BCUT2D eigenvalue weighted by Gasteiger charge is -2.26. The minimum absolute atomic E-state index is 0.117. The average molecular weight is 420 g/mol. The van der Waals surface area contributed by atoms with Gasteiger partial charge in [0.15, 0.2) is 6.79 Å². The SMILES string of the molecule is COCOc1ccc(N(C(=O)C(Cc2ccccc2)C(=O)OC)c2cccnc2)cc1. The normalized spacial score (nSPS) is 11.4. The molecule has 31 heavy (non-hydrogen) atoms. The topological polar surface area (TPSA) is 78.0 Å². The van der Waals surface area contributed by atoms with E-state index in [2.05, 4.69) is 4.98 Å². The van der Waals surface area contributed by atoms with E-state index < -0.39 is 17.8 Å². The van der Waals surface area contributed by atoms with Crippen LogP contribution in [0.15, 0.2) is 79.1 Å². The molecule has 1 heterocycles. The van der Waals surface area contributed by atoms with Crippen LogP contribution in [0.25, 0.3) is 0 Å². The predicted octanol–water partition coefficient (Wildman–Crippen LogP) is 3.76. The molecule has 2 aromatic carbocycles. The molecule has 0 fully saturated rings. The van der Waals surface area contributed by atoms with Gasteiger partial charge in [-0.15, -0.1) is 0 Å². The third kappa shape index (κ3) is 5.67. The first kappa shape index (κ1) is 22.0. The first-order chi connectivity index (χ1) is 15.1. The molecule has 0 aliphatic heterocycles. The molecule has 3 rings (SSSR count). The first-order valence-corrected chi connectivity index (χ1v) is 9.71. The van der Waals surface area contributed by atoms with Gasteiger partial charge in [-0.2, -0.15) is 0 Å². The van der Waals surface area contributed by atoms with Crippen LogP contribution < -0.4 is 9.64 Å². The Labute approximate surface area is 181 Å². The lowest BCUT2D eigenvalue weighted by atomic mass is 9.97. The molecule has 0 bridgehead atoms. The molecule has 1 atom stereocenters. The monoisotopic (exact) mass is 420 g/mol. The van der Waals surface area contributed by atoms with Crippen molar-refractivity contribution in [3.63, 3.8) is 0 Å². The third-order valence-electron chi connectivity index (χ3n) is 4.63. The molecule has 7 nitrogen and oxygen atoms in total. The van der Waals surface area contributed by atoms with Crippen LogP contribution in [0.3, 0.4) is 0 Å². The van der Waals surface area contributed by atoms with Crippen LogP contribution in [0.1, 0.15) is 5.56 Å². The van der Waals surface area contributed by atoms with Gasteiger partial charge in [0, 0.05) is 19.0 Å². The number of aromatic nitrogens is 1. The van der Waals surface area contributed by atoms with Crippen molar-refractivity contribution in [1.29, 1.82) is 0 Å². The Morgan fingerprint density at radius 1 is 0.935 bits per heavy atom. The maximum atomic E-state index is 13.7. The maximum Gasteiger partial charge on any atom is 0.318 e. The highest BCUT2D eigenvalue weighted by atomic mass is 16.7. The molecule has 1 unspecified atom stereocenters. The first-order valence-electron chi connectivity index (χ1n) is 9.71. The van der Waals surface area contributed by atoms with Gasteiger partial charge < -0.3 is 14.2 Å². The number of ether oxygens (including phenoxy) is 3. The van der Waals surface area contributed by atoms with Gasteiger partial charge in [0.1, 0.15) is 11.7 Å². The highest BCUT2D eigenvalue weighted by Gasteiger charge is 2.33. The summed E-state index contributed by atoms with van der Waals surface area (Å²) in [5.41, 5.74) is 1.98. The van der Waals surface area contributed by atoms with E-state index in [-0.39, 0.29) is 13.2 Å². The average Bonchev–Trinajstić information content (AvgIpc) is 2.83. The van der Waals surface area contributed by atoms with Crippen LogP contribution in [-0.2, 0) is 25.5 Å². The van der Waals surface area contributed by atoms with Gasteiger partial charge in [-0.1, -0.05) is 30.3 Å². The van der Waals surface area contributed by atoms with Crippen molar-refractivity contribution in [3.8, 4) is 5.75 Å². The number of hydrogen-bond acceptors (Lipinski definition) is 6. The molecule has 0 aliphatic rings. The van der Waals surface area contributed by atoms with Crippen molar-refractivity contribution in [2.75, 3.05) is 25.9 Å². The number of benzene rings is 2. The summed E-state index contributed by atoms with van der Waals surface area (Å²) >= 11 is 0. The minimum atomic E-state index is -1.02. The highest BCUT2D eigenvalue weighted by molar-refractivity contribution is 6.10. The molecular formula is C24H24N2O5. The molecule has 7 heteroatoms. The largest absolute Gasteiger partial charge is 0.468 e. The van der Waals surface area contributed by atoms with Crippen molar-refractivity contribution in [2.45, 2.75) is 6.42 Å². The molecule has 160 valence electrons. The van der Waals surface area contributed by atoms with Crippen LogP contribution in [0.2, 0.25) is 0 Å². The van der Waals surface area contributed by atoms with Crippen molar-refractivity contribution in [1.82, 2.24) is 4.98 Å². The number of pyridine rings is 1. The molecule has 1 aromatic heterocycles. The number of hydrogen-bond donors (Lipinski definition) is 0. The number of anilines is 2. The quantitative estimate of drug-likeness (QED) is 0.298. The van der Waals surface area contributed by atoms with E-state index >= 15 is 0 Å². The lowest BCUT2D eigenvalue weighted by Crippen LogP contribution is -2.38. The Bertz CT molecular complexity index is 978. The lowest BCUT2D eigenvalue weighted by molar-refractivity contribution is -0.149. The number of esters is 1. The third-order valence-corrected chi connectivity index (χ3v) is 4.63. The number of rotatable bonds is 9. The van der Waals surface area contributed by atoms with Crippen molar-refractivity contribution in [2.24, 2.45) is 5.92 Å². The van der Waals surface area contributed by atoms with E-state index in [1.807, 2.05) is 30.3 Å². The van der Waals surface area contributed by atoms with E-state index in [9.17, 15) is 9.59 Å². The zero-order valence-electron chi connectivity index (χ0n) is 17.4. The van der Waals surface area contributed by atoms with Crippen LogP contribution in [0.5, 0.6) is 5.75 Å². The summed E-state index contributed by atoms with van der Waals surface area (Å²) in [5.74, 6) is -1.42. The Hall–Kier alpha value is -3.71. The second-order valence-electron chi connectivity index (χ2n) is 6.70. The Morgan fingerprint density at radius 3 is 2.29 bits per heavy atom. The van der Waals surface area contributed by atoms with E-state index in [4.69, 9.17) is 14.2 Å². The van der Waals surface area contributed by atoms with E-state index in [0.29, 0.717) is 17.1 Å². The van der Waals surface area contributed by atoms with Crippen molar-refractivity contribution in [3.05, 3.63) is 84.7 Å². The van der Waals surface area contributed by atoms with Gasteiger partial charge in [0.2, 0.25) is 5.91 Å². The molecule has 0 aliphatic carbocycles. The Balaban J connectivity index is 1.97. The standard InChI is InChI=1S/C24H24N2O5/c1-29-17-31-21-12-10-19(11-13-21)26(20-9-6-14-25-16-20)23(27)22(24(28)30-2)15-18-7-4-3-5-8-18/h3-14,16,22H,15,17H2,1-2H3. The number of carbonyl (C=O) groups excluding carboxylic acids is 2. The Kier molecular flexibility index (Phi) is 7.73. The van der Waals surface area contributed by atoms with Crippen LogP contribution >= 0.6 is 0 Å². The summed E-state index contributed by atoms with van der Waals surface area (Å²) in [7, 11) is 2.82. The van der Waals surface area contributed by atoms with Crippen LogP contribution in [0, 0.1) is 5.92 Å². The van der Waals surface area contributed by atoms with Gasteiger partial charge in [-0.05, 0) is 48.4 Å². The molecule has 0 saturated heterocycles. The summed E-state index contributed by atoms with van der Waals surface area (Å²) in [6.07, 6.45) is 3.41. The van der Waals surface area contributed by atoms with Gasteiger partial charge in [0.05, 0.1) is 19.0 Å². The summed E-state index contributed by atoms with van der Waals surface area (Å²) in [5, 5.41) is 0. The van der Waals surface area contributed by atoms with Gasteiger partial charge in [-0.25, -0.2) is 0 Å². The summed E-state index contributed by atoms with van der Waals surface area (Å²) in [6, 6.07) is 19.8. The van der Waals surface area contributed by atoms with Gasteiger partial charge in [0.25, 0.3) is 0 Å². The fourth-order valence-electron chi connectivity index (χ4n) is 3.13. The Morgan fingerprint density at radius 2 is 1.68 bits per heavy atom. The number of amides is 1. The maximum absolute atomic E-state index is 13.7. The van der Waals surface area contributed by atoms with E-state index in [1.165, 1.54) is 19.1 Å². The number of methoxy groups -OCH3 is 2. The van der Waals surface area contributed by atoms with Crippen LogP contribution in [-0.4, -0.2) is 37.9 Å². The fourth-order valence-corrected chi connectivity index (χ4v) is 3.13. The molecular weight excluding hydrogens is 396 g/mol. The zero-order valence-corrected chi connectivity index (χ0v) is 17.4. The van der Waals surface area contributed by atoms with Crippen molar-refractivity contribution >= 4 is 23.3 Å². The molecule has 0 saturated carbocycles. The molecule has 1 amide bonds. The highest BCUT2D eigenvalue weighted by Crippen LogP contribution is 2.29. The number of carbonyl (C=O) groups is 2. The van der Waals surface area contributed by atoms with Gasteiger partial charge in [-0.3, -0.25) is 19.5 Å². The molecule has 3 aromatic rings. The zero-order chi connectivity index (χ0) is 22.1. The second kappa shape index (κ2) is 10.9. The predicted molar refractivity (Wildman–Crippen MR) is 116 cm³/mol.